The summed E-state index contributed by atoms with van der Waals surface area (Å²) in [5.41, 5.74) is 2.15. The summed E-state index contributed by atoms with van der Waals surface area (Å²) >= 11 is 11.8. The first-order valence-electron chi connectivity index (χ1n) is 4.93. The van der Waals surface area contributed by atoms with Crippen molar-refractivity contribution in [2.24, 2.45) is 0 Å². The van der Waals surface area contributed by atoms with Crippen LogP contribution in [0.4, 0.5) is 0 Å². The van der Waals surface area contributed by atoms with Crippen molar-refractivity contribution in [3.63, 3.8) is 0 Å². The molecule has 0 saturated heterocycles. The van der Waals surface area contributed by atoms with Crippen LogP contribution in [0.5, 0.6) is 0 Å². The summed E-state index contributed by atoms with van der Waals surface area (Å²) in [6.45, 7) is 0. The molecule has 0 aromatic heterocycles. The quantitative estimate of drug-likeness (QED) is 0.644. The molecule has 0 aliphatic heterocycles. The van der Waals surface area contributed by atoms with Gasteiger partial charge in [0.2, 0.25) is 0 Å². The fourth-order valence-electron chi connectivity index (χ4n) is 1.41. The van der Waals surface area contributed by atoms with Crippen molar-refractivity contribution in [1.29, 1.82) is 0 Å². The maximum absolute atomic E-state index is 5.90. The first kappa shape index (κ1) is 11.3. The molecule has 80 valence electrons. The maximum Gasteiger partial charge on any atom is 0.0411 e. The molecule has 0 nitrogen and oxygen atoms in total. The molecule has 16 heavy (non-hydrogen) atoms. The van der Waals surface area contributed by atoms with E-state index < -0.39 is 0 Å². The van der Waals surface area contributed by atoms with Crippen molar-refractivity contribution in [2.75, 3.05) is 0 Å². The van der Waals surface area contributed by atoms with E-state index in [1.165, 1.54) is 0 Å². The van der Waals surface area contributed by atoms with Crippen molar-refractivity contribution in [1.82, 2.24) is 0 Å². The van der Waals surface area contributed by atoms with E-state index in [4.69, 9.17) is 23.2 Å². The smallest absolute Gasteiger partial charge is 0.0411 e. The summed E-state index contributed by atoms with van der Waals surface area (Å²) < 4.78 is 0. The Morgan fingerprint density at radius 3 is 1.50 bits per heavy atom. The number of rotatable bonds is 2. The Bertz CT molecular complexity index is 468. The predicted molar refractivity (Wildman–Crippen MR) is 71.8 cm³/mol. The van der Waals surface area contributed by atoms with Crippen LogP contribution in [0.25, 0.3) is 12.2 Å². The monoisotopic (exact) mass is 248 g/mol. The number of halogens is 2. The third kappa shape index (κ3) is 3.13. The summed E-state index contributed by atoms with van der Waals surface area (Å²) in [6.07, 6.45) is 4.02. The zero-order valence-corrected chi connectivity index (χ0v) is 10.0. The second-order valence-electron chi connectivity index (χ2n) is 3.44. The van der Waals surface area contributed by atoms with E-state index in [0.29, 0.717) is 0 Å². The van der Waals surface area contributed by atoms with Crippen LogP contribution in [-0.4, -0.2) is 0 Å². The van der Waals surface area contributed by atoms with E-state index in [1.54, 1.807) is 0 Å². The lowest BCUT2D eigenvalue weighted by Gasteiger charge is -1.96. The van der Waals surface area contributed by atoms with Crippen molar-refractivity contribution >= 4 is 35.4 Å². The summed E-state index contributed by atoms with van der Waals surface area (Å²) in [4.78, 5) is 0. The Morgan fingerprint density at radius 1 is 0.688 bits per heavy atom. The second-order valence-corrected chi connectivity index (χ2v) is 4.32. The predicted octanol–water partition coefficient (Wildman–Crippen LogP) is 5.16. The van der Waals surface area contributed by atoms with Crippen LogP contribution >= 0.6 is 23.2 Å². The minimum Gasteiger partial charge on any atom is -0.0843 e. The fourth-order valence-corrected chi connectivity index (χ4v) is 1.81. The molecule has 0 radical (unpaired) electrons. The third-order valence-corrected chi connectivity index (χ3v) is 2.64. The van der Waals surface area contributed by atoms with Crippen molar-refractivity contribution in [3.8, 4) is 0 Å². The van der Waals surface area contributed by atoms with Crippen LogP contribution in [0, 0.1) is 0 Å². The van der Waals surface area contributed by atoms with Crippen LogP contribution in [0.2, 0.25) is 10.0 Å². The average molecular weight is 249 g/mol. The van der Waals surface area contributed by atoms with Crippen LogP contribution in [0.3, 0.4) is 0 Å². The van der Waals surface area contributed by atoms with Crippen LogP contribution in [0.15, 0.2) is 48.5 Å². The van der Waals surface area contributed by atoms with Crippen molar-refractivity contribution in [3.05, 3.63) is 69.7 Å². The fraction of sp³-hybridized carbons (Fsp3) is 0. The van der Waals surface area contributed by atoms with Gasteiger partial charge in [0.25, 0.3) is 0 Å². The minimum absolute atomic E-state index is 0.744. The van der Waals surface area contributed by atoms with Gasteiger partial charge in [-0.2, -0.15) is 0 Å². The second kappa shape index (κ2) is 5.20. The first-order valence-corrected chi connectivity index (χ1v) is 5.69. The minimum atomic E-state index is 0.744. The molecule has 0 N–H and O–H groups in total. The van der Waals surface area contributed by atoms with Gasteiger partial charge in [0.05, 0.1) is 0 Å². The Morgan fingerprint density at radius 2 is 1.12 bits per heavy atom. The highest BCUT2D eigenvalue weighted by molar-refractivity contribution is 6.31. The average Bonchev–Trinajstić information content (AvgIpc) is 2.27. The molecule has 0 saturated carbocycles. The standard InChI is InChI=1S/C14H10Cl2/c15-13-5-1-3-11(9-13)7-8-12-4-2-6-14(16)10-12/h1-10H. The van der Waals surface area contributed by atoms with Crippen molar-refractivity contribution in [2.45, 2.75) is 0 Å². The lowest BCUT2D eigenvalue weighted by Crippen LogP contribution is -1.73. The van der Waals surface area contributed by atoms with Gasteiger partial charge in [-0.25, -0.2) is 0 Å². The van der Waals surface area contributed by atoms with Gasteiger partial charge in [0, 0.05) is 10.0 Å². The van der Waals surface area contributed by atoms with Gasteiger partial charge in [0.15, 0.2) is 0 Å². The largest absolute Gasteiger partial charge is 0.0843 e. The molecule has 2 rings (SSSR count). The molecule has 0 heterocycles. The van der Waals surface area contributed by atoms with E-state index in [-0.39, 0.29) is 0 Å². The summed E-state index contributed by atoms with van der Waals surface area (Å²) in [7, 11) is 0. The lowest BCUT2D eigenvalue weighted by molar-refractivity contribution is 1.64. The molecule has 0 bridgehead atoms. The Kier molecular flexibility index (Phi) is 3.66. The number of benzene rings is 2. The molecular formula is C14H10Cl2. The van der Waals surface area contributed by atoms with Crippen LogP contribution < -0.4 is 0 Å². The lowest BCUT2D eigenvalue weighted by atomic mass is 10.1. The van der Waals surface area contributed by atoms with Gasteiger partial charge in [-0.15, -0.1) is 0 Å². The highest BCUT2D eigenvalue weighted by Crippen LogP contribution is 2.15. The molecule has 0 aliphatic carbocycles. The summed E-state index contributed by atoms with van der Waals surface area (Å²) in [5, 5.41) is 1.49. The molecule has 0 amide bonds. The van der Waals surface area contributed by atoms with E-state index in [0.717, 1.165) is 21.2 Å². The molecule has 0 spiro atoms. The highest BCUT2D eigenvalue weighted by atomic mass is 35.5. The van der Waals surface area contributed by atoms with E-state index >= 15 is 0 Å². The molecule has 0 atom stereocenters. The van der Waals surface area contributed by atoms with Gasteiger partial charge < -0.3 is 0 Å². The van der Waals surface area contributed by atoms with Crippen LogP contribution in [-0.2, 0) is 0 Å². The molecular weight excluding hydrogens is 239 g/mol. The third-order valence-electron chi connectivity index (χ3n) is 2.17. The maximum atomic E-state index is 5.90. The Hall–Kier alpha value is -1.24. The number of hydrogen-bond acceptors (Lipinski definition) is 0. The SMILES string of the molecule is Clc1cccc(C=Cc2cccc(Cl)c2)c1. The number of hydrogen-bond donors (Lipinski definition) is 0. The first-order chi connectivity index (χ1) is 7.74. The van der Waals surface area contributed by atoms with Gasteiger partial charge >= 0.3 is 0 Å². The van der Waals surface area contributed by atoms with Gasteiger partial charge in [-0.3, -0.25) is 0 Å². The Labute approximate surface area is 105 Å². The zero-order chi connectivity index (χ0) is 11.4. The molecule has 0 unspecified atom stereocenters. The molecule has 0 fully saturated rings. The molecule has 2 aromatic carbocycles. The normalized spacial score (nSPS) is 10.9. The molecule has 2 heteroatoms. The zero-order valence-electron chi connectivity index (χ0n) is 8.53. The van der Waals surface area contributed by atoms with E-state index in [2.05, 4.69) is 0 Å². The van der Waals surface area contributed by atoms with Gasteiger partial charge in [-0.05, 0) is 35.4 Å². The Balaban J connectivity index is 2.21. The topological polar surface area (TPSA) is 0 Å². The van der Waals surface area contributed by atoms with E-state index in [9.17, 15) is 0 Å². The van der Waals surface area contributed by atoms with Crippen LogP contribution in [0.1, 0.15) is 11.1 Å². The van der Waals surface area contributed by atoms with Crippen molar-refractivity contribution < 1.29 is 0 Å². The summed E-state index contributed by atoms with van der Waals surface area (Å²) in [5.74, 6) is 0. The highest BCUT2D eigenvalue weighted by Gasteiger charge is 1.91. The van der Waals surface area contributed by atoms with Gasteiger partial charge in [0.1, 0.15) is 0 Å². The molecule has 0 aliphatic rings. The molecule has 2 aromatic rings. The summed E-state index contributed by atoms with van der Waals surface area (Å²) in [6, 6.07) is 15.4. The van der Waals surface area contributed by atoms with Gasteiger partial charge in [-0.1, -0.05) is 59.6 Å². The van der Waals surface area contributed by atoms with E-state index in [1.807, 2.05) is 60.7 Å².